The second kappa shape index (κ2) is 12.9. The molecule has 4 rings (SSSR count). The van der Waals surface area contributed by atoms with Gasteiger partial charge in [-0.25, -0.2) is 19.0 Å². The van der Waals surface area contributed by atoms with E-state index >= 15 is 0 Å². The van der Waals surface area contributed by atoms with Crippen LogP contribution in [0.25, 0.3) is 11.3 Å². The lowest BCUT2D eigenvalue weighted by molar-refractivity contribution is -0.141. The Morgan fingerprint density at radius 2 is 1.78 bits per heavy atom. The van der Waals surface area contributed by atoms with Crippen LogP contribution in [0.2, 0.25) is 0 Å². The highest BCUT2D eigenvalue weighted by atomic mass is 79.9. The first-order valence-corrected chi connectivity index (χ1v) is 13.9. The Labute approximate surface area is 260 Å². The van der Waals surface area contributed by atoms with E-state index in [1.807, 2.05) is 0 Å². The Balaban J connectivity index is 1.63. The molecule has 3 aromatic heterocycles. The van der Waals surface area contributed by atoms with Crippen LogP contribution >= 0.6 is 15.9 Å². The third-order valence-corrected chi connectivity index (χ3v) is 7.13. The van der Waals surface area contributed by atoms with Crippen LogP contribution in [0.4, 0.5) is 32.0 Å². The van der Waals surface area contributed by atoms with Crippen LogP contribution in [0.1, 0.15) is 47.8 Å². The average Bonchev–Trinajstić information content (AvgIpc) is 3.58. The van der Waals surface area contributed by atoms with Crippen molar-refractivity contribution in [3.63, 3.8) is 0 Å². The summed E-state index contributed by atoms with van der Waals surface area (Å²) in [6.45, 7) is 1.33. The number of halogens is 7. The predicted molar refractivity (Wildman–Crippen MR) is 152 cm³/mol. The number of anilines is 1. The van der Waals surface area contributed by atoms with Crippen LogP contribution in [0.15, 0.2) is 47.5 Å². The molecule has 0 bridgehead atoms. The number of aromatic nitrogens is 6. The van der Waals surface area contributed by atoms with Gasteiger partial charge in [-0.2, -0.15) is 32.1 Å². The number of hydrogen-bond acceptors (Lipinski definition) is 7. The number of benzene rings is 1. The number of aryl methyl sites for hydroxylation is 1. The molecule has 0 aliphatic carbocycles. The molecule has 1 aromatic carbocycles. The van der Waals surface area contributed by atoms with Gasteiger partial charge in [0.1, 0.15) is 17.7 Å². The van der Waals surface area contributed by atoms with Crippen LogP contribution in [0.5, 0.6) is 0 Å². The van der Waals surface area contributed by atoms with E-state index in [0.717, 1.165) is 29.2 Å². The Bertz CT molecular complexity index is 1700. The van der Waals surface area contributed by atoms with Crippen molar-refractivity contribution in [2.24, 2.45) is 0 Å². The molecule has 18 heteroatoms. The molecular formula is C27H26BrF6N9O2. The summed E-state index contributed by atoms with van der Waals surface area (Å²) in [6, 6.07) is 1.60. The van der Waals surface area contributed by atoms with Crippen LogP contribution in [-0.4, -0.2) is 52.9 Å². The van der Waals surface area contributed by atoms with E-state index in [0.29, 0.717) is 10.5 Å². The lowest BCUT2D eigenvalue weighted by Crippen LogP contribution is -2.55. The fourth-order valence-electron chi connectivity index (χ4n) is 4.33. The highest BCUT2D eigenvalue weighted by Crippen LogP contribution is 2.32. The van der Waals surface area contributed by atoms with Gasteiger partial charge in [0.15, 0.2) is 5.69 Å². The Kier molecular flexibility index (Phi) is 9.55. The SMILES string of the molecule is Cc1ncc(-c2cc(C(F)(F)F)nn2CC(C)(C)NC(=O)[C@@H](Cc2cnn(C(F)F)c2)NC(=O)c2c(F)ccc(Br)c2N)cn1. The second-order valence-electron chi connectivity index (χ2n) is 10.6. The molecule has 11 nitrogen and oxygen atoms in total. The van der Waals surface area contributed by atoms with Crippen molar-refractivity contribution in [3.05, 3.63) is 75.9 Å². The first-order chi connectivity index (χ1) is 20.9. The van der Waals surface area contributed by atoms with Gasteiger partial charge in [-0.1, -0.05) is 0 Å². The van der Waals surface area contributed by atoms with Gasteiger partial charge in [0, 0.05) is 35.0 Å². The average molecular weight is 702 g/mol. The zero-order valence-electron chi connectivity index (χ0n) is 23.8. The molecule has 4 N–H and O–H groups in total. The number of amides is 2. The topological polar surface area (TPSA) is 146 Å². The molecular weight excluding hydrogens is 676 g/mol. The van der Waals surface area contributed by atoms with Gasteiger partial charge in [0.2, 0.25) is 5.91 Å². The molecule has 0 unspecified atom stereocenters. The quantitative estimate of drug-likeness (QED) is 0.161. The summed E-state index contributed by atoms with van der Waals surface area (Å²) in [6.07, 6.45) is -0.438. The maximum atomic E-state index is 14.6. The van der Waals surface area contributed by atoms with Crippen LogP contribution in [0.3, 0.4) is 0 Å². The first-order valence-electron chi connectivity index (χ1n) is 13.1. The smallest absolute Gasteiger partial charge is 0.397 e. The molecule has 3 heterocycles. The monoisotopic (exact) mass is 701 g/mol. The molecule has 0 spiro atoms. The molecule has 0 saturated heterocycles. The molecule has 4 aromatic rings. The lowest BCUT2D eigenvalue weighted by Gasteiger charge is -2.30. The molecule has 1 atom stereocenters. The van der Waals surface area contributed by atoms with Gasteiger partial charge in [-0.15, -0.1) is 0 Å². The van der Waals surface area contributed by atoms with Crippen LogP contribution in [0, 0.1) is 12.7 Å². The minimum Gasteiger partial charge on any atom is -0.397 e. The Hall–Kier alpha value is -4.48. The Morgan fingerprint density at radius 3 is 2.38 bits per heavy atom. The number of hydrogen-bond donors (Lipinski definition) is 3. The van der Waals surface area contributed by atoms with Crippen LogP contribution < -0.4 is 16.4 Å². The molecule has 0 saturated carbocycles. The predicted octanol–water partition coefficient (Wildman–Crippen LogP) is 4.68. The normalized spacial score (nSPS) is 12.8. The minimum atomic E-state index is -4.78. The summed E-state index contributed by atoms with van der Waals surface area (Å²) in [5.74, 6) is -2.53. The third-order valence-electron chi connectivity index (χ3n) is 6.44. The summed E-state index contributed by atoms with van der Waals surface area (Å²) in [7, 11) is 0. The minimum absolute atomic E-state index is 0.0227. The number of carbonyl (C=O) groups is 2. The highest BCUT2D eigenvalue weighted by Gasteiger charge is 2.37. The van der Waals surface area contributed by atoms with Crippen molar-refractivity contribution in [2.75, 3.05) is 5.73 Å². The molecule has 2 amide bonds. The number of nitrogen functional groups attached to an aromatic ring is 1. The van der Waals surface area contributed by atoms with Crippen molar-refractivity contribution >= 4 is 33.4 Å². The number of nitrogens with zero attached hydrogens (tertiary/aromatic N) is 6. The maximum Gasteiger partial charge on any atom is 0.435 e. The molecule has 45 heavy (non-hydrogen) atoms. The standard InChI is InChI=1S/C27H26BrF6N9O2/c1-13-36-9-15(10-37-13)19-7-20(27(32,33)34)41-43(19)12-26(2,3)40-23(44)18(6-14-8-38-42(11-14)25(30)31)39-24(45)21-17(29)5-4-16(28)22(21)35/h4-5,7-11,18,25H,6,12,35H2,1-3H3,(H,39,45)(H,40,44)/t18-/m1/s1. The number of nitrogens with one attached hydrogen (secondary N) is 2. The van der Waals surface area contributed by atoms with Gasteiger partial charge in [0.25, 0.3) is 5.91 Å². The summed E-state index contributed by atoms with van der Waals surface area (Å²) in [4.78, 5) is 34.8. The van der Waals surface area contributed by atoms with Gasteiger partial charge >= 0.3 is 12.7 Å². The van der Waals surface area contributed by atoms with Gasteiger partial charge < -0.3 is 16.4 Å². The number of alkyl halides is 5. The zero-order valence-corrected chi connectivity index (χ0v) is 25.4. The highest BCUT2D eigenvalue weighted by molar-refractivity contribution is 9.10. The Morgan fingerprint density at radius 1 is 1.11 bits per heavy atom. The zero-order chi connectivity index (χ0) is 33.3. The van der Waals surface area contributed by atoms with Gasteiger partial charge in [0.05, 0.1) is 35.2 Å². The first kappa shape index (κ1) is 33.4. The fraction of sp³-hybridized carbons (Fsp3) is 0.333. The number of rotatable bonds is 10. The van der Waals surface area contributed by atoms with E-state index in [1.165, 1.54) is 32.3 Å². The molecule has 0 aliphatic heterocycles. The van der Waals surface area contributed by atoms with Crippen molar-refractivity contribution in [1.82, 2.24) is 40.2 Å². The number of nitrogens with two attached hydrogens (primary N) is 1. The van der Waals surface area contributed by atoms with E-state index in [-0.39, 0.29) is 39.9 Å². The largest absolute Gasteiger partial charge is 0.435 e. The van der Waals surface area contributed by atoms with Crippen molar-refractivity contribution in [1.29, 1.82) is 0 Å². The molecule has 240 valence electrons. The summed E-state index contributed by atoms with van der Waals surface area (Å²) in [5.41, 5.74) is 2.94. The van der Waals surface area contributed by atoms with E-state index in [4.69, 9.17) is 5.73 Å². The van der Waals surface area contributed by atoms with Crippen molar-refractivity contribution in [2.45, 2.75) is 58.0 Å². The summed E-state index contributed by atoms with van der Waals surface area (Å²) >= 11 is 3.11. The maximum absolute atomic E-state index is 14.6. The third kappa shape index (κ3) is 7.98. The van der Waals surface area contributed by atoms with Gasteiger partial charge in [-0.05, 0) is 60.5 Å². The summed E-state index contributed by atoms with van der Waals surface area (Å²) in [5, 5.41) is 12.2. The molecule has 0 fully saturated rings. The summed E-state index contributed by atoms with van der Waals surface area (Å²) < 4.78 is 83.2. The van der Waals surface area contributed by atoms with E-state index in [2.05, 4.69) is 46.7 Å². The van der Waals surface area contributed by atoms with Crippen LogP contribution in [-0.2, 0) is 23.9 Å². The molecule has 0 radical (unpaired) electrons. The van der Waals surface area contributed by atoms with E-state index in [9.17, 15) is 35.9 Å². The second-order valence-corrected chi connectivity index (χ2v) is 11.5. The van der Waals surface area contributed by atoms with E-state index < -0.39 is 53.2 Å². The molecule has 0 aliphatic rings. The lowest BCUT2D eigenvalue weighted by atomic mass is 10.0. The van der Waals surface area contributed by atoms with E-state index in [1.54, 1.807) is 6.92 Å². The fourth-order valence-corrected chi connectivity index (χ4v) is 4.66. The van der Waals surface area contributed by atoms with Crippen molar-refractivity contribution in [3.8, 4) is 11.3 Å². The van der Waals surface area contributed by atoms with Crippen molar-refractivity contribution < 1.29 is 35.9 Å². The number of carbonyl (C=O) groups excluding carboxylic acids is 2. The van der Waals surface area contributed by atoms with Gasteiger partial charge in [-0.3, -0.25) is 14.3 Å².